The Kier molecular flexibility index (Phi) is 9.93. The largest absolute Gasteiger partial charge is 0.478 e. The van der Waals surface area contributed by atoms with Gasteiger partial charge < -0.3 is 19.3 Å². The molecule has 8 nitrogen and oxygen atoms in total. The fourth-order valence-electron chi connectivity index (χ4n) is 3.50. The normalized spacial score (nSPS) is 10.7. The van der Waals surface area contributed by atoms with Crippen LogP contribution in [0.2, 0.25) is 0 Å². The summed E-state index contributed by atoms with van der Waals surface area (Å²) in [5.41, 5.74) is 1.95. The zero-order valence-electron chi connectivity index (χ0n) is 21.1. The molecule has 0 aliphatic heterocycles. The number of hydrogen-bond acceptors (Lipinski definition) is 7. The van der Waals surface area contributed by atoms with Gasteiger partial charge in [-0.1, -0.05) is 44.0 Å². The van der Waals surface area contributed by atoms with Gasteiger partial charge >= 0.3 is 23.9 Å². The molecule has 0 saturated carbocycles. The first-order chi connectivity index (χ1) is 18.3. The summed E-state index contributed by atoms with van der Waals surface area (Å²) in [6, 6.07) is 17.0. The second-order valence-corrected chi connectivity index (χ2v) is 8.37. The molecular weight excluding hydrogens is 488 g/mol. The quantitative estimate of drug-likeness (QED) is 0.148. The third-order valence-electron chi connectivity index (χ3n) is 5.61. The van der Waals surface area contributed by atoms with Crippen LogP contribution in [-0.4, -0.2) is 36.1 Å². The molecule has 3 rings (SSSR count). The van der Waals surface area contributed by atoms with E-state index in [0.717, 1.165) is 37.3 Å². The van der Waals surface area contributed by atoms with Crippen LogP contribution in [0.4, 0.5) is 0 Å². The number of rotatable bonds is 11. The minimum Gasteiger partial charge on any atom is -0.478 e. The van der Waals surface area contributed by atoms with Crippen LogP contribution < -0.4 is 9.47 Å². The Labute approximate surface area is 220 Å². The molecule has 0 spiro atoms. The van der Waals surface area contributed by atoms with Crippen molar-refractivity contribution in [2.45, 2.75) is 32.6 Å². The highest BCUT2D eigenvalue weighted by Crippen LogP contribution is 2.26. The molecule has 8 heteroatoms. The Balaban J connectivity index is 1.67. The SMILES string of the molecule is CCCCCc1ccc(C(=O)Oc2ccc(OC(=O)c3ccc(/C=C/C(=O)OC)cc3)cc2C(=O)O)cc1. The maximum Gasteiger partial charge on any atom is 0.343 e. The number of carboxylic acid groups (broad SMARTS) is 1. The predicted molar refractivity (Wildman–Crippen MR) is 140 cm³/mol. The average molecular weight is 517 g/mol. The predicted octanol–water partition coefficient (Wildman–Crippen LogP) is 5.74. The van der Waals surface area contributed by atoms with Gasteiger partial charge in [0.2, 0.25) is 0 Å². The summed E-state index contributed by atoms with van der Waals surface area (Å²) < 4.78 is 15.2. The molecule has 0 heterocycles. The molecular formula is C30H28O8. The fourth-order valence-corrected chi connectivity index (χ4v) is 3.50. The molecule has 0 fully saturated rings. The zero-order chi connectivity index (χ0) is 27.5. The van der Waals surface area contributed by atoms with Crippen LogP contribution in [-0.2, 0) is 16.0 Å². The summed E-state index contributed by atoms with van der Waals surface area (Å²) in [6.45, 7) is 2.13. The van der Waals surface area contributed by atoms with Crippen molar-refractivity contribution >= 4 is 30.0 Å². The van der Waals surface area contributed by atoms with Gasteiger partial charge in [0.15, 0.2) is 0 Å². The molecule has 0 aliphatic rings. The van der Waals surface area contributed by atoms with Crippen molar-refractivity contribution in [3.63, 3.8) is 0 Å². The smallest absolute Gasteiger partial charge is 0.343 e. The molecule has 0 bridgehead atoms. The fraction of sp³-hybridized carbons (Fsp3) is 0.200. The molecule has 0 radical (unpaired) electrons. The number of esters is 3. The Morgan fingerprint density at radius 3 is 2.05 bits per heavy atom. The van der Waals surface area contributed by atoms with Gasteiger partial charge in [-0.25, -0.2) is 19.2 Å². The van der Waals surface area contributed by atoms with E-state index in [-0.39, 0.29) is 22.6 Å². The van der Waals surface area contributed by atoms with Crippen molar-refractivity contribution in [3.05, 3.63) is 101 Å². The number of hydrogen-bond donors (Lipinski definition) is 1. The van der Waals surface area contributed by atoms with E-state index < -0.39 is 23.9 Å². The van der Waals surface area contributed by atoms with E-state index in [1.807, 2.05) is 12.1 Å². The summed E-state index contributed by atoms with van der Waals surface area (Å²) in [6.07, 6.45) is 7.03. The Morgan fingerprint density at radius 1 is 0.816 bits per heavy atom. The van der Waals surface area contributed by atoms with Gasteiger partial charge in [0.05, 0.1) is 18.2 Å². The lowest BCUT2D eigenvalue weighted by atomic mass is 10.1. The zero-order valence-corrected chi connectivity index (χ0v) is 21.1. The molecule has 38 heavy (non-hydrogen) atoms. The Hall–Kier alpha value is -4.72. The first-order valence-corrected chi connectivity index (χ1v) is 12.1. The van der Waals surface area contributed by atoms with E-state index in [2.05, 4.69) is 11.7 Å². The van der Waals surface area contributed by atoms with Crippen LogP contribution in [0, 0.1) is 0 Å². The monoisotopic (exact) mass is 516 g/mol. The number of carbonyl (C=O) groups excluding carboxylic acids is 3. The van der Waals surface area contributed by atoms with E-state index >= 15 is 0 Å². The van der Waals surface area contributed by atoms with Crippen molar-refractivity contribution in [1.82, 2.24) is 0 Å². The highest BCUT2D eigenvalue weighted by atomic mass is 16.5. The van der Waals surface area contributed by atoms with Gasteiger partial charge in [0.25, 0.3) is 0 Å². The van der Waals surface area contributed by atoms with E-state index in [4.69, 9.17) is 9.47 Å². The summed E-state index contributed by atoms with van der Waals surface area (Å²) in [5.74, 6) is -3.46. The molecule has 3 aromatic carbocycles. The van der Waals surface area contributed by atoms with Gasteiger partial charge in [-0.05, 0) is 72.5 Å². The van der Waals surface area contributed by atoms with Gasteiger partial charge in [0, 0.05) is 6.08 Å². The lowest BCUT2D eigenvalue weighted by Gasteiger charge is -2.10. The first-order valence-electron chi connectivity index (χ1n) is 12.1. The summed E-state index contributed by atoms with van der Waals surface area (Å²) >= 11 is 0. The number of aryl methyl sites for hydroxylation is 1. The maximum absolute atomic E-state index is 12.6. The van der Waals surface area contributed by atoms with Crippen molar-refractivity contribution in [2.75, 3.05) is 7.11 Å². The second kappa shape index (κ2) is 13.5. The van der Waals surface area contributed by atoms with E-state index in [1.165, 1.54) is 43.5 Å². The number of unbranched alkanes of at least 4 members (excludes halogenated alkanes) is 2. The molecule has 0 unspecified atom stereocenters. The topological polar surface area (TPSA) is 116 Å². The standard InChI is InChI=1S/C30H28O8/c1-3-4-5-6-20-7-12-23(13-8-20)30(35)38-26-17-16-24(19-25(26)28(32)33)37-29(34)22-14-9-21(10-15-22)11-18-27(31)36-2/h7-19H,3-6H2,1-2H3,(H,32,33)/b18-11+. The van der Waals surface area contributed by atoms with Crippen LogP contribution in [0.3, 0.4) is 0 Å². The number of benzene rings is 3. The van der Waals surface area contributed by atoms with E-state index in [1.54, 1.807) is 24.3 Å². The van der Waals surface area contributed by atoms with Crippen LogP contribution in [0.1, 0.15) is 68.4 Å². The Morgan fingerprint density at radius 2 is 1.45 bits per heavy atom. The highest BCUT2D eigenvalue weighted by Gasteiger charge is 2.19. The molecule has 1 N–H and O–H groups in total. The van der Waals surface area contributed by atoms with Crippen LogP contribution >= 0.6 is 0 Å². The van der Waals surface area contributed by atoms with Crippen LogP contribution in [0.25, 0.3) is 6.08 Å². The number of carboxylic acids is 1. The minimum absolute atomic E-state index is 0.0294. The molecule has 0 saturated heterocycles. The van der Waals surface area contributed by atoms with E-state index in [0.29, 0.717) is 11.1 Å². The van der Waals surface area contributed by atoms with Crippen molar-refractivity contribution in [1.29, 1.82) is 0 Å². The lowest BCUT2D eigenvalue weighted by molar-refractivity contribution is -0.134. The van der Waals surface area contributed by atoms with Crippen LogP contribution in [0.15, 0.2) is 72.8 Å². The number of ether oxygens (including phenoxy) is 3. The molecule has 0 atom stereocenters. The first kappa shape index (κ1) is 27.9. The molecule has 0 amide bonds. The minimum atomic E-state index is -1.35. The third-order valence-corrected chi connectivity index (χ3v) is 5.61. The van der Waals surface area contributed by atoms with Crippen molar-refractivity contribution in [3.8, 4) is 11.5 Å². The van der Waals surface area contributed by atoms with Crippen molar-refractivity contribution < 1.29 is 38.5 Å². The molecule has 3 aromatic rings. The summed E-state index contributed by atoms with van der Waals surface area (Å²) in [5, 5.41) is 9.63. The maximum atomic E-state index is 12.6. The highest BCUT2D eigenvalue weighted by molar-refractivity contribution is 5.96. The summed E-state index contributed by atoms with van der Waals surface area (Å²) in [7, 11) is 1.27. The molecule has 196 valence electrons. The van der Waals surface area contributed by atoms with Crippen LogP contribution in [0.5, 0.6) is 11.5 Å². The molecule has 0 aliphatic carbocycles. The third kappa shape index (κ3) is 7.89. The summed E-state index contributed by atoms with van der Waals surface area (Å²) in [4.78, 5) is 48.1. The Bertz CT molecular complexity index is 1320. The van der Waals surface area contributed by atoms with Crippen molar-refractivity contribution in [2.24, 2.45) is 0 Å². The number of methoxy groups -OCH3 is 1. The average Bonchev–Trinajstić information content (AvgIpc) is 2.93. The van der Waals surface area contributed by atoms with Gasteiger partial charge in [-0.3, -0.25) is 0 Å². The van der Waals surface area contributed by atoms with Gasteiger partial charge in [-0.15, -0.1) is 0 Å². The molecule has 0 aromatic heterocycles. The second-order valence-electron chi connectivity index (χ2n) is 8.37. The van der Waals surface area contributed by atoms with Gasteiger partial charge in [-0.2, -0.15) is 0 Å². The lowest BCUT2D eigenvalue weighted by Crippen LogP contribution is -2.13. The van der Waals surface area contributed by atoms with Gasteiger partial charge in [0.1, 0.15) is 17.1 Å². The van der Waals surface area contributed by atoms with E-state index in [9.17, 15) is 24.3 Å². The number of carbonyl (C=O) groups is 4. The number of aromatic carboxylic acids is 1.